The van der Waals surface area contributed by atoms with Gasteiger partial charge < -0.3 is 4.74 Å². The Balaban J connectivity index is 1.96. The number of carbonyl (C=O) groups is 1. The first-order chi connectivity index (χ1) is 8.25. The Kier molecular flexibility index (Phi) is 3.55. The molecule has 0 saturated heterocycles. The predicted octanol–water partition coefficient (Wildman–Crippen LogP) is 2.98. The lowest BCUT2D eigenvalue weighted by Gasteiger charge is -2.04. The molecule has 0 unspecified atom stereocenters. The molecule has 83 valence electrons. The van der Waals surface area contributed by atoms with Crippen molar-refractivity contribution in [1.82, 2.24) is 0 Å². The standard InChI is InChI=1S/C15H11O2/c1-12-7-9-14(10-8-12)15(16)17-11-13-5-3-2-4-6-13/h2-10H,11H2. The van der Waals surface area contributed by atoms with Crippen LogP contribution in [0.4, 0.5) is 0 Å². The number of rotatable bonds is 3. The molecular weight excluding hydrogens is 212 g/mol. The highest BCUT2D eigenvalue weighted by Gasteiger charge is 2.06. The molecule has 17 heavy (non-hydrogen) atoms. The molecule has 0 atom stereocenters. The molecule has 2 rings (SSSR count). The zero-order chi connectivity index (χ0) is 12.1. The maximum Gasteiger partial charge on any atom is 0.338 e. The van der Waals surface area contributed by atoms with Crippen LogP contribution in [0.15, 0.2) is 54.6 Å². The van der Waals surface area contributed by atoms with E-state index in [1.807, 2.05) is 30.3 Å². The van der Waals surface area contributed by atoms with Gasteiger partial charge in [-0.15, -0.1) is 0 Å². The van der Waals surface area contributed by atoms with Crippen molar-refractivity contribution in [3.8, 4) is 0 Å². The van der Waals surface area contributed by atoms with Gasteiger partial charge >= 0.3 is 5.97 Å². The van der Waals surface area contributed by atoms with Crippen LogP contribution in [0.5, 0.6) is 0 Å². The van der Waals surface area contributed by atoms with Crippen molar-refractivity contribution in [2.24, 2.45) is 0 Å². The molecule has 0 spiro atoms. The first kappa shape index (κ1) is 11.4. The number of ether oxygens (including phenoxy) is 1. The number of esters is 1. The fourth-order valence-corrected chi connectivity index (χ4v) is 1.41. The van der Waals surface area contributed by atoms with E-state index in [4.69, 9.17) is 11.7 Å². The quantitative estimate of drug-likeness (QED) is 0.748. The largest absolute Gasteiger partial charge is 0.457 e. The molecule has 0 fully saturated rings. The Morgan fingerprint density at radius 3 is 2.29 bits per heavy atom. The second kappa shape index (κ2) is 5.30. The predicted molar refractivity (Wildman–Crippen MR) is 64.3 cm³/mol. The Morgan fingerprint density at radius 1 is 1.00 bits per heavy atom. The van der Waals surface area contributed by atoms with E-state index in [0.717, 1.165) is 5.56 Å². The summed E-state index contributed by atoms with van der Waals surface area (Å²) in [5.41, 5.74) is 1.81. The molecular formula is C15H11O2. The third-order valence-electron chi connectivity index (χ3n) is 2.33. The summed E-state index contributed by atoms with van der Waals surface area (Å²) in [5.74, 6) is -0.367. The maximum absolute atomic E-state index is 11.6. The summed E-state index contributed by atoms with van der Waals surface area (Å²) < 4.78 is 5.15. The minimum atomic E-state index is -0.367. The van der Waals surface area contributed by atoms with Gasteiger partial charge in [0.1, 0.15) is 6.61 Å². The zero-order valence-corrected chi connectivity index (χ0v) is 9.22. The van der Waals surface area contributed by atoms with Crippen LogP contribution < -0.4 is 0 Å². The fourth-order valence-electron chi connectivity index (χ4n) is 1.41. The minimum Gasteiger partial charge on any atom is -0.457 e. The van der Waals surface area contributed by atoms with Crippen molar-refractivity contribution >= 4 is 5.97 Å². The Hall–Kier alpha value is -2.09. The van der Waals surface area contributed by atoms with Crippen molar-refractivity contribution in [2.45, 2.75) is 6.61 Å². The van der Waals surface area contributed by atoms with Gasteiger partial charge in [0.25, 0.3) is 0 Å². The first-order valence-corrected chi connectivity index (χ1v) is 5.28. The average molecular weight is 223 g/mol. The summed E-state index contributed by atoms with van der Waals surface area (Å²) in [6, 6.07) is 15.8. The van der Waals surface area contributed by atoms with Crippen LogP contribution in [0.3, 0.4) is 0 Å². The summed E-state index contributed by atoms with van der Waals surface area (Å²) in [5, 5.41) is 0. The molecule has 0 saturated carbocycles. The van der Waals surface area contributed by atoms with Gasteiger partial charge in [-0.2, -0.15) is 0 Å². The Bertz CT molecular complexity index is 486. The van der Waals surface area contributed by atoms with Gasteiger partial charge in [0.05, 0.1) is 5.56 Å². The van der Waals surface area contributed by atoms with E-state index in [9.17, 15) is 4.79 Å². The smallest absolute Gasteiger partial charge is 0.338 e. The summed E-state index contributed by atoms with van der Waals surface area (Å²) >= 11 is 0. The molecule has 0 N–H and O–H groups in total. The Labute approximate surface area is 101 Å². The molecule has 0 aromatic heterocycles. The molecule has 0 aliphatic heterocycles. The van der Waals surface area contributed by atoms with Crippen molar-refractivity contribution in [3.05, 3.63) is 78.2 Å². The van der Waals surface area contributed by atoms with E-state index in [0.29, 0.717) is 11.1 Å². The molecule has 0 aliphatic rings. The normalized spacial score (nSPS) is 9.94. The second-order valence-electron chi connectivity index (χ2n) is 3.64. The highest BCUT2D eigenvalue weighted by Crippen LogP contribution is 2.07. The van der Waals surface area contributed by atoms with E-state index >= 15 is 0 Å². The maximum atomic E-state index is 11.6. The van der Waals surface area contributed by atoms with Gasteiger partial charge in [-0.05, 0) is 23.3 Å². The minimum absolute atomic E-state index is 0.266. The lowest BCUT2D eigenvalue weighted by molar-refractivity contribution is 0.0473. The van der Waals surface area contributed by atoms with E-state index < -0.39 is 0 Å². The lowest BCUT2D eigenvalue weighted by atomic mass is 10.1. The molecule has 2 aromatic carbocycles. The van der Waals surface area contributed by atoms with Crippen LogP contribution in [0.1, 0.15) is 21.5 Å². The molecule has 2 nitrogen and oxygen atoms in total. The monoisotopic (exact) mass is 223 g/mol. The number of hydrogen-bond donors (Lipinski definition) is 0. The number of hydrogen-bond acceptors (Lipinski definition) is 2. The van der Waals surface area contributed by atoms with Gasteiger partial charge in [-0.25, -0.2) is 4.79 Å². The second-order valence-corrected chi connectivity index (χ2v) is 3.64. The van der Waals surface area contributed by atoms with Gasteiger partial charge in [-0.1, -0.05) is 42.5 Å². The van der Waals surface area contributed by atoms with Crippen LogP contribution in [0.2, 0.25) is 0 Å². The van der Waals surface area contributed by atoms with Crippen LogP contribution in [0, 0.1) is 6.92 Å². The van der Waals surface area contributed by atoms with E-state index in [-0.39, 0.29) is 12.6 Å². The van der Waals surface area contributed by atoms with Crippen molar-refractivity contribution < 1.29 is 9.53 Å². The SMILES string of the molecule is [C]c1ccc(C(=O)OCc2ccccc2)cc1. The number of benzene rings is 2. The average Bonchev–Trinajstić information content (AvgIpc) is 2.38. The molecule has 0 aliphatic carbocycles. The van der Waals surface area contributed by atoms with Crippen LogP contribution in [-0.2, 0) is 11.3 Å². The van der Waals surface area contributed by atoms with E-state index in [2.05, 4.69) is 0 Å². The highest BCUT2D eigenvalue weighted by molar-refractivity contribution is 5.89. The zero-order valence-electron chi connectivity index (χ0n) is 9.22. The van der Waals surface area contributed by atoms with Crippen LogP contribution in [-0.4, -0.2) is 5.97 Å². The van der Waals surface area contributed by atoms with Gasteiger partial charge in [0.2, 0.25) is 0 Å². The summed E-state index contributed by atoms with van der Waals surface area (Å²) in [6.45, 7) is 7.58. The first-order valence-electron chi connectivity index (χ1n) is 5.28. The highest BCUT2D eigenvalue weighted by atomic mass is 16.5. The summed E-state index contributed by atoms with van der Waals surface area (Å²) in [4.78, 5) is 11.6. The molecule has 0 amide bonds. The van der Waals surface area contributed by atoms with Crippen molar-refractivity contribution in [1.29, 1.82) is 0 Å². The molecule has 3 radical (unpaired) electrons. The van der Waals surface area contributed by atoms with Crippen LogP contribution >= 0.6 is 0 Å². The number of carbonyl (C=O) groups excluding carboxylic acids is 1. The molecule has 2 heteroatoms. The van der Waals surface area contributed by atoms with Gasteiger partial charge in [-0.3, -0.25) is 0 Å². The lowest BCUT2D eigenvalue weighted by Crippen LogP contribution is -2.04. The van der Waals surface area contributed by atoms with Gasteiger partial charge in [0.15, 0.2) is 0 Å². The fraction of sp³-hybridized carbons (Fsp3) is 0.0667. The molecule has 0 bridgehead atoms. The third kappa shape index (κ3) is 3.18. The van der Waals surface area contributed by atoms with Gasteiger partial charge in [0, 0.05) is 6.92 Å². The third-order valence-corrected chi connectivity index (χ3v) is 2.33. The van der Waals surface area contributed by atoms with E-state index in [1.54, 1.807) is 24.3 Å². The van der Waals surface area contributed by atoms with E-state index in [1.165, 1.54) is 0 Å². The van der Waals surface area contributed by atoms with Crippen molar-refractivity contribution in [3.63, 3.8) is 0 Å². The summed E-state index contributed by atoms with van der Waals surface area (Å²) in [7, 11) is 0. The van der Waals surface area contributed by atoms with Crippen molar-refractivity contribution in [2.75, 3.05) is 0 Å². The topological polar surface area (TPSA) is 26.3 Å². The molecule has 0 heterocycles. The molecule has 2 aromatic rings. The Morgan fingerprint density at radius 2 is 1.65 bits per heavy atom. The summed E-state index contributed by atoms with van der Waals surface area (Å²) in [6.07, 6.45) is 0. The van der Waals surface area contributed by atoms with Crippen LogP contribution in [0.25, 0.3) is 0 Å².